The van der Waals surface area contributed by atoms with Gasteiger partial charge in [-0.2, -0.15) is 11.3 Å². The van der Waals surface area contributed by atoms with Crippen molar-refractivity contribution in [2.45, 2.75) is 13.5 Å². The average Bonchev–Trinajstić information content (AvgIpc) is 3.67. The molecule has 2 heterocycles. The quantitative estimate of drug-likeness (QED) is 0.130. The highest BCUT2D eigenvalue weighted by Crippen LogP contribution is 2.41. The SMILES string of the molecule is Cc1ccccc1N(c1ccc(C=C2C(=O)c3cscc3C2=O)s1)c1ccccc1[SiH](C)c1ccccc1. The van der Waals surface area contributed by atoms with E-state index in [2.05, 4.69) is 103 Å². The lowest BCUT2D eigenvalue weighted by atomic mass is 10.1. The number of hydrogen-bond donors (Lipinski definition) is 0. The predicted octanol–water partition coefficient (Wildman–Crippen LogP) is 7.02. The first kappa shape index (κ1) is 24.5. The van der Waals surface area contributed by atoms with E-state index >= 15 is 0 Å². The van der Waals surface area contributed by atoms with Gasteiger partial charge in [-0.05, 0) is 48.0 Å². The van der Waals surface area contributed by atoms with Gasteiger partial charge in [0.2, 0.25) is 0 Å². The molecule has 0 radical (unpaired) electrons. The summed E-state index contributed by atoms with van der Waals surface area (Å²) in [7, 11) is -1.48. The van der Waals surface area contributed by atoms with Crippen molar-refractivity contribution in [3.8, 4) is 0 Å². The summed E-state index contributed by atoms with van der Waals surface area (Å²) >= 11 is 2.99. The molecule has 6 heteroatoms. The number of Topliss-reactive ketones (excluding diaryl/α,β-unsaturated/α-hetero) is 2. The molecule has 1 unspecified atom stereocenters. The van der Waals surface area contributed by atoms with Crippen LogP contribution < -0.4 is 15.3 Å². The minimum absolute atomic E-state index is 0.176. The highest BCUT2D eigenvalue weighted by molar-refractivity contribution is 7.17. The van der Waals surface area contributed by atoms with Crippen LogP contribution in [0.25, 0.3) is 6.08 Å². The molecule has 2 aromatic heterocycles. The maximum absolute atomic E-state index is 12.9. The van der Waals surface area contributed by atoms with Crippen molar-refractivity contribution in [2.24, 2.45) is 0 Å². The Morgan fingerprint density at radius 3 is 2.08 bits per heavy atom. The van der Waals surface area contributed by atoms with E-state index < -0.39 is 8.80 Å². The number of carbonyl (C=O) groups is 2. The van der Waals surface area contributed by atoms with Gasteiger partial charge in [-0.1, -0.05) is 78.5 Å². The number of thiophene rings is 2. The highest BCUT2D eigenvalue weighted by Gasteiger charge is 2.34. The Morgan fingerprint density at radius 1 is 0.737 bits per heavy atom. The van der Waals surface area contributed by atoms with Crippen molar-refractivity contribution >= 4 is 75.9 Å². The Bertz CT molecular complexity index is 1670. The van der Waals surface area contributed by atoms with Crippen molar-refractivity contribution in [2.75, 3.05) is 4.90 Å². The molecular formula is C32H25NO2S2Si. The Kier molecular flexibility index (Phi) is 6.53. The molecule has 0 N–H and O–H groups in total. The van der Waals surface area contributed by atoms with Gasteiger partial charge in [0.25, 0.3) is 0 Å². The van der Waals surface area contributed by atoms with Crippen LogP contribution in [0.4, 0.5) is 16.4 Å². The maximum Gasteiger partial charge on any atom is 0.198 e. The van der Waals surface area contributed by atoms with Gasteiger partial charge < -0.3 is 4.90 Å². The third-order valence-corrected chi connectivity index (χ3v) is 11.6. The van der Waals surface area contributed by atoms with Crippen LogP contribution in [-0.4, -0.2) is 20.4 Å². The smallest absolute Gasteiger partial charge is 0.198 e. The van der Waals surface area contributed by atoms with Gasteiger partial charge in [0.15, 0.2) is 11.6 Å². The van der Waals surface area contributed by atoms with Crippen LogP contribution in [0.2, 0.25) is 6.55 Å². The van der Waals surface area contributed by atoms with Crippen LogP contribution in [0.3, 0.4) is 0 Å². The molecule has 0 fully saturated rings. The number of benzene rings is 3. The molecule has 0 bridgehead atoms. The predicted molar refractivity (Wildman–Crippen MR) is 163 cm³/mol. The number of aryl methyl sites for hydroxylation is 1. The number of para-hydroxylation sites is 2. The minimum Gasteiger partial charge on any atom is -0.302 e. The summed E-state index contributed by atoms with van der Waals surface area (Å²) in [6, 6.07) is 32.0. The standard InChI is InChI=1S/C32H25NO2S2Si/c1-21-10-6-7-13-27(21)33(28-14-8-9-15-29(28)38(2)23-11-4-3-5-12-23)30-17-16-22(37-30)18-24-31(34)25-19-36-20-26(25)32(24)35/h3-20,38H,1-2H3. The third kappa shape index (κ3) is 4.30. The molecule has 38 heavy (non-hydrogen) atoms. The highest BCUT2D eigenvalue weighted by atomic mass is 32.1. The van der Waals surface area contributed by atoms with Crippen molar-refractivity contribution in [3.63, 3.8) is 0 Å². The number of nitrogens with zero attached hydrogens (tertiary/aromatic N) is 1. The molecule has 3 aromatic carbocycles. The third-order valence-electron chi connectivity index (χ3n) is 7.06. The van der Waals surface area contributed by atoms with Crippen LogP contribution in [0.15, 0.2) is 107 Å². The second kappa shape index (κ2) is 10.1. The number of allylic oxidation sites excluding steroid dienone is 1. The maximum atomic E-state index is 12.9. The molecule has 0 amide bonds. The van der Waals surface area contributed by atoms with Gasteiger partial charge in [0, 0.05) is 38.1 Å². The van der Waals surface area contributed by atoms with E-state index in [4.69, 9.17) is 0 Å². The van der Waals surface area contributed by atoms with Crippen molar-refractivity contribution in [1.82, 2.24) is 0 Å². The summed E-state index contributed by atoms with van der Waals surface area (Å²) in [6.07, 6.45) is 1.76. The van der Waals surface area contributed by atoms with Gasteiger partial charge in [-0.25, -0.2) is 0 Å². The summed E-state index contributed by atoms with van der Waals surface area (Å²) in [5.41, 5.74) is 4.77. The summed E-state index contributed by atoms with van der Waals surface area (Å²) < 4.78 is 0. The van der Waals surface area contributed by atoms with E-state index in [1.807, 2.05) is 6.07 Å². The summed E-state index contributed by atoms with van der Waals surface area (Å²) in [6.45, 7) is 4.51. The van der Waals surface area contributed by atoms with Gasteiger partial charge in [0.05, 0.1) is 5.57 Å². The van der Waals surface area contributed by atoms with E-state index in [1.54, 1.807) is 28.2 Å². The molecule has 6 rings (SSSR count). The fourth-order valence-electron chi connectivity index (χ4n) is 5.02. The van der Waals surface area contributed by atoms with E-state index in [0.29, 0.717) is 11.1 Å². The first-order valence-corrected chi connectivity index (χ1v) is 16.6. The Balaban J connectivity index is 1.45. The monoisotopic (exact) mass is 547 g/mol. The molecule has 5 aromatic rings. The zero-order valence-electron chi connectivity index (χ0n) is 21.0. The molecular weight excluding hydrogens is 523 g/mol. The lowest BCUT2D eigenvalue weighted by Gasteiger charge is -2.29. The first-order valence-electron chi connectivity index (χ1n) is 12.5. The summed E-state index contributed by atoms with van der Waals surface area (Å²) in [5.74, 6) is -0.352. The molecule has 0 saturated carbocycles. The molecule has 1 aliphatic rings. The van der Waals surface area contributed by atoms with E-state index in [1.165, 1.54) is 33.0 Å². The topological polar surface area (TPSA) is 37.4 Å². The van der Waals surface area contributed by atoms with Crippen molar-refractivity contribution < 1.29 is 9.59 Å². The molecule has 3 nitrogen and oxygen atoms in total. The van der Waals surface area contributed by atoms with E-state index in [-0.39, 0.29) is 17.1 Å². The normalized spacial score (nSPS) is 13.5. The Morgan fingerprint density at radius 2 is 1.37 bits per heavy atom. The molecule has 186 valence electrons. The second-order valence-electron chi connectivity index (χ2n) is 9.40. The minimum atomic E-state index is -1.48. The lowest BCUT2D eigenvalue weighted by molar-refractivity contribution is 0.0990. The summed E-state index contributed by atoms with van der Waals surface area (Å²) in [4.78, 5) is 29.0. The molecule has 0 spiro atoms. The second-order valence-corrected chi connectivity index (χ2v) is 14.0. The Labute approximate surface area is 231 Å². The van der Waals surface area contributed by atoms with Gasteiger partial charge >= 0.3 is 0 Å². The van der Waals surface area contributed by atoms with Crippen LogP contribution in [-0.2, 0) is 0 Å². The van der Waals surface area contributed by atoms with Gasteiger partial charge in [-0.15, -0.1) is 11.3 Å². The van der Waals surface area contributed by atoms with Crippen LogP contribution in [0.5, 0.6) is 0 Å². The summed E-state index contributed by atoms with van der Waals surface area (Å²) in [5, 5.41) is 7.34. The molecule has 1 aliphatic carbocycles. The van der Waals surface area contributed by atoms with E-state index in [0.717, 1.165) is 15.6 Å². The number of ketones is 2. The van der Waals surface area contributed by atoms with E-state index in [9.17, 15) is 9.59 Å². The Hall–Kier alpha value is -3.84. The fraction of sp³-hybridized carbons (Fsp3) is 0.0625. The zero-order chi connectivity index (χ0) is 26.2. The average molecular weight is 548 g/mol. The van der Waals surface area contributed by atoms with Gasteiger partial charge in [-0.3, -0.25) is 9.59 Å². The zero-order valence-corrected chi connectivity index (χ0v) is 23.8. The van der Waals surface area contributed by atoms with Crippen LogP contribution >= 0.6 is 22.7 Å². The number of carbonyl (C=O) groups excluding carboxylic acids is 2. The molecule has 0 saturated heterocycles. The van der Waals surface area contributed by atoms with Crippen molar-refractivity contribution in [3.05, 3.63) is 129 Å². The first-order chi connectivity index (χ1) is 18.5. The van der Waals surface area contributed by atoms with Crippen molar-refractivity contribution in [1.29, 1.82) is 0 Å². The number of hydrogen-bond acceptors (Lipinski definition) is 5. The molecule has 0 aliphatic heterocycles. The number of rotatable bonds is 6. The fourth-order valence-corrected chi connectivity index (χ4v) is 9.03. The van der Waals surface area contributed by atoms with Crippen LogP contribution in [0, 0.1) is 6.92 Å². The largest absolute Gasteiger partial charge is 0.302 e. The number of anilines is 3. The number of fused-ring (bicyclic) bond motifs is 1. The van der Waals surface area contributed by atoms with Gasteiger partial charge in [0.1, 0.15) is 13.8 Å². The lowest BCUT2D eigenvalue weighted by Crippen LogP contribution is -2.41. The van der Waals surface area contributed by atoms with Crippen LogP contribution in [0.1, 0.15) is 31.2 Å². The molecule has 1 atom stereocenters.